The van der Waals surface area contributed by atoms with Crippen LogP contribution in [-0.4, -0.2) is 0 Å². The van der Waals surface area contributed by atoms with Crippen molar-refractivity contribution >= 4 is 0 Å². The molecule has 3 rings (SSSR count). The second kappa shape index (κ2) is 1.84. The third-order valence-electron chi connectivity index (χ3n) is 4.45. The van der Waals surface area contributed by atoms with E-state index in [2.05, 4.69) is 6.92 Å². The average molecular weight is 150 g/mol. The van der Waals surface area contributed by atoms with Crippen LogP contribution in [0.25, 0.3) is 0 Å². The van der Waals surface area contributed by atoms with E-state index in [0.717, 1.165) is 11.3 Å². The van der Waals surface area contributed by atoms with E-state index in [0.29, 0.717) is 0 Å². The highest BCUT2D eigenvalue weighted by molar-refractivity contribution is 5.03. The van der Waals surface area contributed by atoms with Crippen molar-refractivity contribution in [1.29, 1.82) is 0 Å². The molecule has 0 aliphatic heterocycles. The summed E-state index contributed by atoms with van der Waals surface area (Å²) < 4.78 is 0. The molecular weight excluding hydrogens is 132 g/mol. The van der Waals surface area contributed by atoms with Crippen LogP contribution in [0.3, 0.4) is 0 Å². The van der Waals surface area contributed by atoms with Gasteiger partial charge in [0.2, 0.25) is 0 Å². The van der Waals surface area contributed by atoms with Gasteiger partial charge in [0.05, 0.1) is 0 Å². The van der Waals surface area contributed by atoms with E-state index in [-0.39, 0.29) is 0 Å². The van der Waals surface area contributed by atoms with Crippen LogP contribution in [-0.2, 0) is 0 Å². The van der Waals surface area contributed by atoms with Crippen LogP contribution < -0.4 is 0 Å². The summed E-state index contributed by atoms with van der Waals surface area (Å²) in [7, 11) is 0. The topological polar surface area (TPSA) is 0 Å². The van der Waals surface area contributed by atoms with Gasteiger partial charge in [0, 0.05) is 0 Å². The van der Waals surface area contributed by atoms with Crippen molar-refractivity contribution in [2.24, 2.45) is 23.2 Å². The van der Waals surface area contributed by atoms with Gasteiger partial charge in [-0.05, 0) is 48.9 Å². The SMILES string of the molecule is CC12CCCC(C1)C1CC1C2. The largest absolute Gasteiger partial charge is 0.0596 e. The number of hydrogen-bond donors (Lipinski definition) is 0. The van der Waals surface area contributed by atoms with E-state index in [1.165, 1.54) is 24.7 Å². The Labute approximate surface area is 69.4 Å². The molecule has 3 aliphatic carbocycles. The van der Waals surface area contributed by atoms with Crippen LogP contribution in [0.4, 0.5) is 0 Å². The summed E-state index contributed by atoms with van der Waals surface area (Å²) in [6.07, 6.45) is 9.39. The van der Waals surface area contributed by atoms with Crippen molar-refractivity contribution in [1.82, 2.24) is 0 Å². The molecular formula is C11H18. The first-order chi connectivity index (χ1) is 5.27. The molecule has 2 bridgehead atoms. The lowest BCUT2D eigenvalue weighted by atomic mass is 9.63. The maximum absolute atomic E-state index is 2.54. The van der Waals surface area contributed by atoms with Gasteiger partial charge in [-0.3, -0.25) is 0 Å². The molecule has 0 heteroatoms. The van der Waals surface area contributed by atoms with Crippen LogP contribution >= 0.6 is 0 Å². The highest BCUT2D eigenvalue weighted by atomic mass is 14.6. The lowest BCUT2D eigenvalue weighted by Gasteiger charge is -2.42. The molecule has 0 aromatic rings. The minimum absolute atomic E-state index is 0.792. The van der Waals surface area contributed by atoms with Crippen molar-refractivity contribution < 1.29 is 0 Å². The average Bonchev–Trinajstić information content (AvgIpc) is 2.65. The Morgan fingerprint density at radius 1 is 1.18 bits per heavy atom. The maximum atomic E-state index is 2.54. The normalized spacial score (nSPS) is 60.3. The summed E-state index contributed by atoms with van der Waals surface area (Å²) in [5, 5.41) is 0. The summed E-state index contributed by atoms with van der Waals surface area (Å²) >= 11 is 0. The van der Waals surface area contributed by atoms with Gasteiger partial charge >= 0.3 is 0 Å². The second-order valence-corrected chi connectivity index (χ2v) is 5.53. The van der Waals surface area contributed by atoms with Crippen LogP contribution in [0.5, 0.6) is 0 Å². The Kier molecular flexibility index (Phi) is 1.09. The fraction of sp³-hybridized carbons (Fsp3) is 1.00. The van der Waals surface area contributed by atoms with Crippen molar-refractivity contribution in [3.63, 3.8) is 0 Å². The molecule has 0 saturated heterocycles. The number of fused-ring (bicyclic) bond motifs is 4. The molecule has 0 heterocycles. The van der Waals surface area contributed by atoms with Gasteiger partial charge in [-0.15, -0.1) is 0 Å². The van der Waals surface area contributed by atoms with Gasteiger partial charge in [0.1, 0.15) is 0 Å². The lowest BCUT2D eigenvalue weighted by molar-refractivity contribution is 0.0872. The van der Waals surface area contributed by atoms with Crippen molar-refractivity contribution in [3.8, 4) is 0 Å². The van der Waals surface area contributed by atoms with Crippen molar-refractivity contribution in [2.45, 2.75) is 45.4 Å². The Morgan fingerprint density at radius 3 is 2.91 bits per heavy atom. The van der Waals surface area contributed by atoms with Crippen LogP contribution in [0.1, 0.15) is 45.4 Å². The summed E-state index contributed by atoms with van der Waals surface area (Å²) in [4.78, 5) is 0. The third-order valence-corrected chi connectivity index (χ3v) is 4.45. The van der Waals surface area contributed by atoms with Gasteiger partial charge in [0.25, 0.3) is 0 Å². The number of rotatable bonds is 0. The molecule has 0 aromatic carbocycles. The van der Waals surface area contributed by atoms with E-state index in [4.69, 9.17) is 0 Å². The smallest absolute Gasteiger partial charge is 0.0320 e. The third kappa shape index (κ3) is 0.878. The summed E-state index contributed by atoms with van der Waals surface area (Å²) in [5.74, 6) is 3.54. The monoisotopic (exact) mass is 150 g/mol. The summed E-state index contributed by atoms with van der Waals surface area (Å²) in [6, 6.07) is 0. The first kappa shape index (κ1) is 6.51. The summed E-state index contributed by atoms with van der Waals surface area (Å²) in [5.41, 5.74) is 0.792. The molecule has 0 radical (unpaired) electrons. The minimum atomic E-state index is 0.792. The number of hydrogen-bond acceptors (Lipinski definition) is 0. The maximum Gasteiger partial charge on any atom is -0.0320 e. The lowest BCUT2D eigenvalue weighted by Crippen LogP contribution is -2.31. The second-order valence-electron chi connectivity index (χ2n) is 5.53. The minimum Gasteiger partial charge on any atom is -0.0596 e. The fourth-order valence-corrected chi connectivity index (χ4v) is 3.90. The molecule has 0 nitrogen and oxygen atoms in total. The van der Waals surface area contributed by atoms with Gasteiger partial charge in [-0.2, -0.15) is 0 Å². The molecule has 4 unspecified atom stereocenters. The van der Waals surface area contributed by atoms with E-state index in [1.54, 1.807) is 25.7 Å². The van der Waals surface area contributed by atoms with Crippen molar-refractivity contribution in [3.05, 3.63) is 0 Å². The Hall–Kier alpha value is 0. The molecule has 0 spiro atoms. The Morgan fingerprint density at radius 2 is 2.00 bits per heavy atom. The Bertz CT molecular complexity index is 184. The highest BCUT2D eigenvalue weighted by Crippen LogP contribution is 2.63. The van der Waals surface area contributed by atoms with E-state index in [1.807, 2.05) is 0 Å². The zero-order chi connectivity index (χ0) is 7.47. The first-order valence-electron chi connectivity index (χ1n) is 5.27. The summed E-state index contributed by atoms with van der Waals surface area (Å²) in [6.45, 7) is 2.54. The van der Waals surface area contributed by atoms with E-state index in [9.17, 15) is 0 Å². The van der Waals surface area contributed by atoms with Gasteiger partial charge in [-0.25, -0.2) is 0 Å². The van der Waals surface area contributed by atoms with E-state index >= 15 is 0 Å². The van der Waals surface area contributed by atoms with Gasteiger partial charge < -0.3 is 0 Å². The molecule has 62 valence electrons. The molecule has 0 amide bonds. The predicted molar refractivity (Wildman–Crippen MR) is 46.3 cm³/mol. The molecule has 3 saturated carbocycles. The van der Waals surface area contributed by atoms with E-state index < -0.39 is 0 Å². The molecule has 4 atom stereocenters. The highest BCUT2D eigenvalue weighted by Gasteiger charge is 2.53. The van der Waals surface area contributed by atoms with Crippen LogP contribution in [0.15, 0.2) is 0 Å². The van der Waals surface area contributed by atoms with Gasteiger partial charge in [0.15, 0.2) is 0 Å². The zero-order valence-corrected chi connectivity index (χ0v) is 7.47. The van der Waals surface area contributed by atoms with Crippen LogP contribution in [0, 0.1) is 23.2 Å². The molecule has 11 heavy (non-hydrogen) atoms. The van der Waals surface area contributed by atoms with Gasteiger partial charge in [-0.1, -0.05) is 19.8 Å². The van der Waals surface area contributed by atoms with Crippen molar-refractivity contribution in [2.75, 3.05) is 0 Å². The van der Waals surface area contributed by atoms with Crippen LogP contribution in [0.2, 0.25) is 0 Å². The zero-order valence-electron chi connectivity index (χ0n) is 7.47. The molecule has 0 aromatic heterocycles. The quantitative estimate of drug-likeness (QED) is 0.497. The fourth-order valence-electron chi connectivity index (χ4n) is 3.90. The standard InChI is InChI=1S/C11H18/c1-11-4-2-3-8(6-11)10-5-9(10)7-11/h8-10H,2-7H2,1H3. The predicted octanol–water partition coefficient (Wildman–Crippen LogP) is 3.22. The molecule has 3 fully saturated rings. The Balaban J connectivity index is 1.87. The first-order valence-corrected chi connectivity index (χ1v) is 5.27. The molecule has 0 N–H and O–H groups in total. The molecule has 3 aliphatic rings.